The van der Waals surface area contributed by atoms with Crippen LogP contribution >= 0.6 is 54.5 Å². The van der Waals surface area contributed by atoms with Gasteiger partial charge in [-0.2, -0.15) is 0 Å². The van der Waals surface area contributed by atoms with Crippen LogP contribution in [0.1, 0.15) is 37.7 Å². The van der Waals surface area contributed by atoms with E-state index in [0.717, 1.165) is 37.8 Å². The van der Waals surface area contributed by atoms with E-state index >= 15 is 0 Å². The van der Waals surface area contributed by atoms with Crippen molar-refractivity contribution in [3.05, 3.63) is 55.4 Å². The van der Waals surface area contributed by atoms with Gasteiger partial charge in [-0.1, -0.05) is 31.9 Å². The number of fused-ring (bicyclic) bond motifs is 2. The predicted octanol–water partition coefficient (Wildman–Crippen LogP) is 7.28. The zero-order valence-corrected chi connectivity index (χ0v) is 24.2. The summed E-state index contributed by atoms with van der Waals surface area (Å²) in [7, 11) is 4.23. The first-order chi connectivity index (χ1) is 14.8. The molecule has 2 heterocycles. The van der Waals surface area contributed by atoms with Crippen molar-refractivity contribution < 1.29 is 0 Å². The first kappa shape index (κ1) is 25.7. The van der Waals surface area contributed by atoms with E-state index in [1.165, 1.54) is 14.4 Å². The summed E-state index contributed by atoms with van der Waals surface area (Å²) in [6.07, 6.45) is 1.81. The third-order valence-corrected chi connectivity index (χ3v) is 8.25. The molecule has 4 rings (SSSR count). The maximum Gasteiger partial charge on any atom is 0.0956 e. The Bertz CT molecular complexity index is 1210. The number of nitrogens with zero attached hydrogens (tertiary/aromatic N) is 3. The summed E-state index contributed by atoms with van der Waals surface area (Å²) in [6.45, 7) is 8.54. The fraction of sp³-hybridized carbons (Fsp3) is 0.417. The number of thiazole rings is 2. The molecule has 4 nitrogen and oxygen atoms in total. The molecule has 0 spiro atoms. The molecule has 172 valence electrons. The Hall–Kier alpha value is -0.900. The van der Waals surface area contributed by atoms with Crippen molar-refractivity contribution in [2.45, 2.75) is 51.6 Å². The minimum Gasteiger partial charge on any atom is -0.325 e. The maximum atomic E-state index is 5.98. The van der Waals surface area contributed by atoms with Crippen molar-refractivity contribution in [3.8, 4) is 0 Å². The molecule has 32 heavy (non-hydrogen) atoms. The molecule has 2 N–H and O–H groups in total. The second kappa shape index (κ2) is 10.2. The Morgan fingerprint density at radius 3 is 1.66 bits per heavy atom. The zero-order valence-electron chi connectivity index (χ0n) is 19.4. The Kier molecular flexibility index (Phi) is 8.16. The predicted molar refractivity (Wildman–Crippen MR) is 148 cm³/mol. The molecular weight excluding hydrogens is 568 g/mol. The van der Waals surface area contributed by atoms with Crippen LogP contribution in [0.5, 0.6) is 0 Å². The van der Waals surface area contributed by atoms with E-state index in [4.69, 9.17) is 10.7 Å². The molecule has 0 saturated carbocycles. The number of aromatic nitrogens is 2. The summed E-state index contributed by atoms with van der Waals surface area (Å²) < 4.78 is 4.64. The highest BCUT2D eigenvalue weighted by Crippen LogP contribution is 2.29. The molecule has 4 aromatic rings. The van der Waals surface area contributed by atoms with Crippen LogP contribution in [0, 0.1) is 0 Å². The highest BCUT2D eigenvalue weighted by molar-refractivity contribution is 9.10. The van der Waals surface area contributed by atoms with Gasteiger partial charge in [-0.25, -0.2) is 9.97 Å². The summed E-state index contributed by atoms with van der Waals surface area (Å²) in [5, 5.41) is 2.31. The third kappa shape index (κ3) is 7.05. The van der Waals surface area contributed by atoms with Crippen molar-refractivity contribution in [1.29, 1.82) is 0 Å². The molecule has 0 bridgehead atoms. The third-order valence-electron chi connectivity index (χ3n) is 5.19. The second-order valence-electron chi connectivity index (χ2n) is 9.49. The van der Waals surface area contributed by atoms with Crippen LogP contribution < -0.4 is 5.73 Å². The monoisotopic (exact) mass is 596 g/mol. The quantitative estimate of drug-likeness (QED) is 0.263. The number of hydrogen-bond donors (Lipinski definition) is 1. The van der Waals surface area contributed by atoms with Crippen molar-refractivity contribution in [3.63, 3.8) is 0 Å². The summed E-state index contributed by atoms with van der Waals surface area (Å²) >= 11 is 10.4. The van der Waals surface area contributed by atoms with Gasteiger partial charge in [0.05, 0.1) is 30.4 Å². The number of rotatable bonds is 5. The van der Waals surface area contributed by atoms with Crippen molar-refractivity contribution in [1.82, 2.24) is 14.9 Å². The van der Waals surface area contributed by atoms with Gasteiger partial charge >= 0.3 is 0 Å². The molecule has 2 aromatic heterocycles. The van der Waals surface area contributed by atoms with Crippen LogP contribution in [-0.4, -0.2) is 40.0 Å². The normalized spacial score (nSPS) is 12.4. The number of benzene rings is 2. The lowest BCUT2D eigenvalue weighted by Crippen LogP contribution is -2.40. The molecule has 0 radical (unpaired) electrons. The lowest BCUT2D eigenvalue weighted by molar-refractivity contribution is 0.195. The number of halogens is 2. The molecule has 0 atom stereocenters. The smallest absolute Gasteiger partial charge is 0.0956 e. The summed E-state index contributed by atoms with van der Waals surface area (Å²) in [4.78, 5) is 11.5. The van der Waals surface area contributed by atoms with E-state index in [1.807, 2.05) is 26.0 Å². The summed E-state index contributed by atoms with van der Waals surface area (Å²) in [5.74, 6) is 0. The van der Waals surface area contributed by atoms with E-state index in [-0.39, 0.29) is 11.1 Å². The van der Waals surface area contributed by atoms with Gasteiger partial charge in [-0.3, -0.25) is 0 Å². The summed E-state index contributed by atoms with van der Waals surface area (Å²) in [6, 6.07) is 12.4. The number of nitrogens with two attached hydrogens (primary N) is 1. The minimum atomic E-state index is -0.189. The SMILES string of the molecule is CC(C)(N)Cc1nc2cc(Br)ccc2s1.CN(C)C(C)(C)Cc1nc2cc(Br)ccc2s1. The first-order valence-electron chi connectivity index (χ1n) is 10.4. The van der Waals surface area contributed by atoms with Gasteiger partial charge in [-0.15, -0.1) is 22.7 Å². The van der Waals surface area contributed by atoms with Gasteiger partial charge in [0, 0.05) is 32.9 Å². The van der Waals surface area contributed by atoms with Gasteiger partial charge in [-0.05, 0) is 78.2 Å². The largest absolute Gasteiger partial charge is 0.325 e. The molecule has 8 heteroatoms. The van der Waals surface area contributed by atoms with Gasteiger partial charge in [0.2, 0.25) is 0 Å². The van der Waals surface area contributed by atoms with Crippen molar-refractivity contribution in [2.75, 3.05) is 14.1 Å². The number of hydrogen-bond acceptors (Lipinski definition) is 6. The van der Waals surface area contributed by atoms with Crippen molar-refractivity contribution in [2.24, 2.45) is 5.73 Å². The van der Waals surface area contributed by atoms with Crippen LogP contribution in [0.25, 0.3) is 20.4 Å². The molecular formula is C24H30Br2N4S2. The van der Waals surface area contributed by atoms with Gasteiger partial charge in [0.15, 0.2) is 0 Å². The Morgan fingerprint density at radius 2 is 1.25 bits per heavy atom. The maximum absolute atomic E-state index is 5.98. The summed E-state index contributed by atoms with van der Waals surface area (Å²) in [5.41, 5.74) is 8.07. The van der Waals surface area contributed by atoms with E-state index in [9.17, 15) is 0 Å². The van der Waals surface area contributed by atoms with Crippen LogP contribution in [0.2, 0.25) is 0 Å². The molecule has 0 amide bonds. The Morgan fingerprint density at radius 1 is 0.812 bits per heavy atom. The lowest BCUT2D eigenvalue weighted by atomic mass is 10.00. The van der Waals surface area contributed by atoms with Gasteiger partial charge < -0.3 is 10.6 Å². The molecule has 0 aliphatic heterocycles. The van der Waals surface area contributed by atoms with E-state index in [0.29, 0.717) is 0 Å². The average molecular weight is 598 g/mol. The van der Waals surface area contributed by atoms with Crippen LogP contribution in [0.15, 0.2) is 45.3 Å². The van der Waals surface area contributed by atoms with Crippen LogP contribution in [0.3, 0.4) is 0 Å². The Labute approximate surface area is 215 Å². The highest BCUT2D eigenvalue weighted by atomic mass is 79.9. The first-order valence-corrected chi connectivity index (χ1v) is 13.6. The fourth-order valence-electron chi connectivity index (χ4n) is 2.97. The zero-order chi connectivity index (χ0) is 23.7. The van der Waals surface area contributed by atoms with E-state index in [1.54, 1.807) is 22.7 Å². The average Bonchev–Trinajstić information content (AvgIpc) is 3.21. The topological polar surface area (TPSA) is 55.0 Å². The standard InChI is InChI=1S/C13H17BrN2S.C11H13BrN2S/c1-13(2,16(3)4)8-12-15-10-7-9(14)5-6-11(10)17-12;1-11(2,13)6-10-14-8-5-7(12)3-4-9(8)15-10/h5-7H,8H2,1-4H3;3-5H,6,13H2,1-2H3. The molecule has 0 saturated heterocycles. The molecule has 0 aliphatic carbocycles. The second-order valence-corrected chi connectivity index (χ2v) is 13.6. The van der Waals surface area contributed by atoms with Gasteiger partial charge in [0.25, 0.3) is 0 Å². The fourth-order valence-corrected chi connectivity index (χ4v) is 6.02. The molecule has 0 aliphatic rings. The molecule has 0 unspecified atom stereocenters. The molecule has 2 aromatic carbocycles. The molecule has 0 fully saturated rings. The van der Waals surface area contributed by atoms with E-state index < -0.39 is 0 Å². The lowest BCUT2D eigenvalue weighted by Gasteiger charge is -2.31. The Balaban J connectivity index is 0.000000182. The van der Waals surface area contributed by atoms with Crippen molar-refractivity contribution >= 4 is 75.0 Å². The van der Waals surface area contributed by atoms with E-state index in [2.05, 4.69) is 94.0 Å². The van der Waals surface area contributed by atoms with Crippen LogP contribution in [-0.2, 0) is 12.8 Å². The number of likely N-dealkylation sites (N-methyl/N-ethyl adjacent to an activating group) is 1. The van der Waals surface area contributed by atoms with Gasteiger partial charge in [0.1, 0.15) is 0 Å². The highest BCUT2D eigenvalue weighted by Gasteiger charge is 2.22. The van der Waals surface area contributed by atoms with Crippen LogP contribution in [0.4, 0.5) is 0 Å². The minimum absolute atomic E-state index is 0.144.